The number of hydrogen-bond donors (Lipinski definition) is 0. The maximum atomic E-state index is 12.3. The second-order valence-electron chi connectivity index (χ2n) is 4.72. The van der Waals surface area contributed by atoms with Gasteiger partial charge in [-0.25, -0.2) is 4.79 Å². The van der Waals surface area contributed by atoms with Gasteiger partial charge < -0.3 is 9.47 Å². The molecule has 0 bridgehead atoms. The van der Waals surface area contributed by atoms with Crippen LogP contribution in [-0.2, 0) is 6.42 Å². The first-order chi connectivity index (χ1) is 11.1. The molecule has 0 aliphatic heterocycles. The monoisotopic (exact) mass is 330 g/mol. The zero-order chi connectivity index (χ0) is 16.8. The molecule has 23 heavy (non-hydrogen) atoms. The number of carbonyl (C=O) groups is 2. The molecule has 2 aromatic rings. The highest BCUT2D eigenvalue weighted by molar-refractivity contribution is 6.30. The van der Waals surface area contributed by atoms with Crippen molar-refractivity contribution in [3.05, 3.63) is 70.8 Å². The molecule has 0 aromatic heterocycles. The molecular formula is C18H15ClO4. The van der Waals surface area contributed by atoms with Crippen molar-refractivity contribution in [1.29, 1.82) is 0 Å². The van der Waals surface area contributed by atoms with E-state index in [9.17, 15) is 9.59 Å². The first-order valence-corrected chi connectivity index (χ1v) is 7.21. The van der Waals surface area contributed by atoms with Crippen LogP contribution in [0.1, 0.15) is 26.3 Å². The predicted molar refractivity (Wildman–Crippen MR) is 88.7 cm³/mol. The van der Waals surface area contributed by atoms with Gasteiger partial charge in [0, 0.05) is 16.1 Å². The van der Waals surface area contributed by atoms with Crippen molar-refractivity contribution in [2.75, 3.05) is 7.11 Å². The average Bonchev–Trinajstić information content (AvgIpc) is 2.56. The van der Waals surface area contributed by atoms with Crippen LogP contribution < -0.4 is 9.47 Å². The number of ether oxygens (including phenoxy) is 2. The Labute approximate surface area is 139 Å². The summed E-state index contributed by atoms with van der Waals surface area (Å²) in [4.78, 5) is 23.3. The smallest absolute Gasteiger partial charge is 0.343 e. The molecule has 0 spiro atoms. The fraction of sp³-hybridized carbons (Fsp3) is 0.111. The van der Waals surface area contributed by atoms with Crippen LogP contribution in [0, 0.1) is 0 Å². The second kappa shape index (κ2) is 7.61. The molecule has 0 saturated heterocycles. The molecule has 0 heterocycles. The van der Waals surface area contributed by atoms with Crippen molar-refractivity contribution in [3.8, 4) is 11.5 Å². The summed E-state index contributed by atoms with van der Waals surface area (Å²) in [5.74, 6) is 0.0517. The zero-order valence-corrected chi connectivity index (χ0v) is 13.3. The van der Waals surface area contributed by atoms with E-state index in [2.05, 4.69) is 6.58 Å². The van der Waals surface area contributed by atoms with Gasteiger partial charge in [-0.1, -0.05) is 17.7 Å². The Hall–Kier alpha value is -2.59. The van der Waals surface area contributed by atoms with Gasteiger partial charge in [0.2, 0.25) is 0 Å². The van der Waals surface area contributed by atoms with Gasteiger partial charge in [0.25, 0.3) is 0 Å². The lowest BCUT2D eigenvalue weighted by molar-refractivity contribution is 0.0728. The minimum Gasteiger partial charge on any atom is -0.493 e. The number of methoxy groups -OCH3 is 1. The number of halogens is 1. The zero-order valence-electron chi connectivity index (χ0n) is 12.5. The molecule has 2 rings (SSSR count). The highest BCUT2D eigenvalue weighted by atomic mass is 35.5. The molecule has 0 fully saturated rings. The normalized spacial score (nSPS) is 10.0. The topological polar surface area (TPSA) is 52.6 Å². The van der Waals surface area contributed by atoms with E-state index in [1.54, 1.807) is 36.4 Å². The van der Waals surface area contributed by atoms with Crippen molar-refractivity contribution in [3.63, 3.8) is 0 Å². The average molecular weight is 331 g/mol. The number of aldehydes is 1. The van der Waals surface area contributed by atoms with Crippen molar-refractivity contribution < 1.29 is 19.1 Å². The Morgan fingerprint density at radius 2 is 1.96 bits per heavy atom. The molecule has 0 saturated carbocycles. The van der Waals surface area contributed by atoms with Gasteiger partial charge in [-0.05, 0) is 42.8 Å². The third kappa shape index (κ3) is 3.99. The first-order valence-electron chi connectivity index (χ1n) is 6.83. The van der Waals surface area contributed by atoms with E-state index < -0.39 is 5.97 Å². The van der Waals surface area contributed by atoms with Gasteiger partial charge in [-0.3, -0.25) is 4.79 Å². The summed E-state index contributed by atoms with van der Waals surface area (Å²) >= 11 is 5.81. The molecule has 0 unspecified atom stereocenters. The Morgan fingerprint density at radius 1 is 1.26 bits per heavy atom. The molecular weight excluding hydrogens is 316 g/mol. The molecule has 0 amide bonds. The van der Waals surface area contributed by atoms with E-state index in [0.717, 1.165) is 0 Å². The number of rotatable bonds is 6. The van der Waals surface area contributed by atoms with Crippen molar-refractivity contribution in [2.45, 2.75) is 6.42 Å². The lowest BCUT2D eigenvalue weighted by Crippen LogP contribution is -2.11. The summed E-state index contributed by atoms with van der Waals surface area (Å²) in [6.07, 6.45) is 2.80. The van der Waals surface area contributed by atoms with Crippen LogP contribution in [0.15, 0.2) is 49.1 Å². The number of benzene rings is 2. The molecule has 0 aliphatic carbocycles. The summed E-state index contributed by atoms with van der Waals surface area (Å²) in [5.41, 5.74) is 1.44. The Bertz CT molecular complexity index is 735. The first kappa shape index (κ1) is 16.8. The van der Waals surface area contributed by atoms with Gasteiger partial charge >= 0.3 is 5.97 Å². The number of allylic oxidation sites excluding steroid dienone is 1. The number of carbonyl (C=O) groups excluding carboxylic acids is 2. The predicted octanol–water partition coefficient (Wildman–Crippen LogP) is 4.11. The Kier molecular flexibility index (Phi) is 5.55. The second-order valence-corrected chi connectivity index (χ2v) is 5.15. The van der Waals surface area contributed by atoms with Gasteiger partial charge in [-0.2, -0.15) is 0 Å². The van der Waals surface area contributed by atoms with Crippen molar-refractivity contribution >= 4 is 23.9 Å². The van der Waals surface area contributed by atoms with Crippen LogP contribution in [0.5, 0.6) is 11.5 Å². The van der Waals surface area contributed by atoms with E-state index in [4.69, 9.17) is 21.1 Å². The van der Waals surface area contributed by atoms with Crippen LogP contribution in [0.3, 0.4) is 0 Å². The Morgan fingerprint density at radius 3 is 2.52 bits per heavy atom. The standard InChI is InChI=1S/C18H15ClO4/c1-3-4-14-9-12(11-20)10-16(22-2)17(14)23-18(21)13-5-7-15(19)8-6-13/h3,5-11H,1,4H2,2H3. The number of esters is 1. The van der Waals surface area contributed by atoms with Crippen LogP contribution >= 0.6 is 11.6 Å². The van der Waals surface area contributed by atoms with E-state index >= 15 is 0 Å². The molecule has 0 N–H and O–H groups in total. The van der Waals surface area contributed by atoms with Crippen LogP contribution in [0.4, 0.5) is 0 Å². The fourth-order valence-electron chi connectivity index (χ4n) is 2.06. The fourth-order valence-corrected chi connectivity index (χ4v) is 2.19. The summed E-state index contributed by atoms with van der Waals surface area (Å²) in [5, 5.41) is 0.529. The SMILES string of the molecule is C=CCc1cc(C=O)cc(OC)c1OC(=O)c1ccc(Cl)cc1. The molecule has 4 nitrogen and oxygen atoms in total. The maximum Gasteiger partial charge on any atom is 0.343 e. The van der Waals surface area contributed by atoms with Crippen LogP contribution in [-0.4, -0.2) is 19.4 Å². The van der Waals surface area contributed by atoms with E-state index in [-0.39, 0.29) is 5.75 Å². The maximum absolute atomic E-state index is 12.3. The third-order valence-electron chi connectivity index (χ3n) is 3.15. The number of hydrogen-bond acceptors (Lipinski definition) is 4. The molecule has 2 aromatic carbocycles. The molecule has 5 heteroatoms. The van der Waals surface area contributed by atoms with E-state index in [0.29, 0.717) is 40.2 Å². The van der Waals surface area contributed by atoms with Gasteiger partial charge in [0.15, 0.2) is 11.5 Å². The molecule has 118 valence electrons. The van der Waals surface area contributed by atoms with Gasteiger partial charge in [0.1, 0.15) is 6.29 Å². The summed E-state index contributed by atoms with van der Waals surface area (Å²) < 4.78 is 10.7. The summed E-state index contributed by atoms with van der Waals surface area (Å²) in [6.45, 7) is 3.67. The van der Waals surface area contributed by atoms with Crippen molar-refractivity contribution in [2.24, 2.45) is 0 Å². The highest BCUT2D eigenvalue weighted by Crippen LogP contribution is 2.34. The largest absolute Gasteiger partial charge is 0.493 e. The lowest BCUT2D eigenvalue weighted by atomic mass is 10.1. The van der Waals surface area contributed by atoms with E-state index in [1.807, 2.05) is 0 Å². The van der Waals surface area contributed by atoms with Crippen molar-refractivity contribution in [1.82, 2.24) is 0 Å². The molecule has 0 atom stereocenters. The van der Waals surface area contributed by atoms with Gasteiger partial charge in [-0.15, -0.1) is 6.58 Å². The van der Waals surface area contributed by atoms with Gasteiger partial charge in [0.05, 0.1) is 12.7 Å². The minimum absolute atomic E-state index is 0.276. The summed E-state index contributed by atoms with van der Waals surface area (Å²) in [6, 6.07) is 9.52. The minimum atomic E-state index is -0.538. The lowest BCUT2D eigenvalue weighted by Gasteiger charge is -2.14. The Balaban J connectivity index is 2.40. The molecule has 0 aliphatic rings. The quantitative estimate of drug-likeness (QED) is 0.346. The van der Waals surface area contributed by atoms with Crippen LogP contribution in [0.2, 0.25) is 5.02 Å². The third-order valence-corrected chi connectivity index (χ3v) is 3.40. The summed E-state index contributed by atoms with van der Waals surface area (Å²) in [7, 11) is 1.45. The molecule has 0 radical (unpaired) electrons. The highest BCUT2D eigenvalue weighted by Gasteiger charge is 2.17. The van der Waals surface area contributed by atoms with Crippen LogP contribution in [0.25, 0.3) is 0 Å². The van der Waals surface area contributed by atoms with E-state index in [1.165, 1.54) is 13.2 Å².